The number of nitrogens with one attached hydrogen (secondary N) is 1. The van der Waals surface area contributed by atoms with E-state index < -0.39 is 6.09 Å². The highest BCUT2D eigenvalue weighted by Gasteiger charge is 2.20. The molecule has 0 spiro atoms. The summed E-state index contributed by atoms with van der Waals surface area (Å²) in [5, 5.41) is 14.2. The maximum Gasteiger partial charge on any atom is 0.404 e. The van der Waals surface area contributed by atoms with Crippen molar-refractivity contribution in [1.29, 1.82) is 0 Å². The third-order valence-corrected chi connectivity index (χ3v) is 5.89. The minimum absolute atomic E-state index is 0.0130. The van der Waals surface area contributed by atoms with E-state index in [1.54, 1.807) is 40.4 Å². The van der Waals surface area contributed by atoms with E-state index in [1.165, 1.54) is 0 Å². The predicted octanol–water partition coefficient (Wildman–Crippen LogP) is 2.25. The number of carboxylic acid groups (broad SMARTS) is 1. The molecule has 3 aromatic rings. The van der Waals surface area contributed by atoms with E-state index in [9.17, 15) is 9.59 Å². The topological polar surface area (TPSA) is 100 Å². The Balaban J connectivity index is 1.50. The summed E-state index contributed by atoms with van der Waals surface area (Å²) in [5.74, 6) is 0. The van der Waals surface area contributed by atoms with Gasteiger partial charge in [-0.2, -0.15) is 0 Å². The van der Waals surface area contributed by atoms with Crippen LogP contribution in [0.4, 0.5) is 4.79 Å². The number of rotatable bonds is 5. The summed E-state index contributed by atoms with van der Waals surface area (Å²) in [7, 11) is 0. The lowest BCUT2D eigenvalue weighted by Crippen LogP contribution is -2.45. The van der Waals surface area contributed by atoms with Gasteiger partial charge in [-0.3, -0.25) is 9.78 Å². The number of hydrogen-bond donors (Lipinski definition) is 2. The molecular formula is C19H21N5O3S. The highest BCUT2D eigenvalue weighted by Crippen LogP contribution is 2.24. The molecule has 146 valence electrons. The van der Waals surface area contributed by atoms with Gasteiger partial charge >= 0.3 is 6.09 Å². The van der Waals surface area contributed by atoms with Crippen molar-refractivity contribution in [2.75, 3.05) is 19.6 Å². The second-order valence-corrected chi connectivity index (χ2v) is 7.75. The number of nitrogens with zero attached hydrogens (tertiary/aromatic N) is 4. The molecule has 0 saturated carbocycles. The molecule has 3 aromatic heterocycles. The van der Waals surface area contributed by atoms with Gasteiger partial charge in [0.1, 0.15) is 5.01 Å². The van der Waals surface area contributed by atoms with E-state index in [0.717, 1.165) is 54.1 Å². The van der Waals surface area contributed by atoms with E-state index in [4.69, 9.17) is 5.11 Å². The van der Waals surface area contributed by atoms with Crippen molar-refractivity contribution in [3.8, 4) is 10.6 Å². The van der Waals surface area contributed by atoms with E-state index in [1.807, 2.05) is 11.4 Å². The maximum absolute atomic E-state index is 12.5. The van der Waals surface area contributed by atoms with Gasteiger partial charge in [0, 0.05) is 61.6 Å². The van der Waals surface area contributed by atoms with Gasteiger partial charge in [-0.15, -0.1) is 11.3 Å². The number of pyridine rings is 2. The Morgan fingerprint density at radius 2 is 2.07 bits per heavy atom. The number of piperidine rings is 1. The van der Waals surface area contributed by atoms with Crippen molar-refractivity contribution >= 4 is 28.5 Å². The third kappa shape index (κ3) is 4.05. The summed E-state index contributed by atoms with van der Waals surface area (Å²) in [6.07, 6.45) is 4.14. The lowest BCUT2D eigenvalue weighted by molar-refractivity contribution is 0.166. The van der Waals surface area contributed by atoms with E-state index in [2.05, 4.69) is 20.2 Å². The Hall–Kier alpha value is -2.78. The van der Waals surface area contributed by atoms with Crippen LogP contribution in [0.3, 0.4) is 0 Å². The molecule has 1 saturated heterocycles. The van der Waals surface area contributed by atoms with Gasteiger partial charge in [0.15, 0.2) is 0 Å². The first-order valence-corrected chi connectivity index (χ1v) is 10.1. The van der Waals surface area contributed by atoms with E-state index in [-0.39, 0.29) is 11.6 Å². The number of amides is 1. The fourth-order valence-corrected chi connectivity index (χ4v) is 4.22. The zero-order valence-corrected chi connectivity index (χ0v) is 16.1. The summed E-state index contributed by atoms with van der Waals surface area (Å²) >= 11 is 1.54. The number of likely N-dealkylation sites (tertiary alicyclic amines) is 1. The second kappa shape index (κ2) is 8.07. The summed E-state index contributed by atoms with van der Waals surface area (Å²) in [6, 6.07) is 5.30. The molecule has 1 fully saturated rings. The standard InChI is InChI=1S/C19H21N5O3S/c25-17-2-1-15-16(11-13(12-21-15)18-20-5-10-28-18)24(17)9-8-23-6-3-14(4-7-23)22-19(26)27/h1-2,5,10-12,14,22H,3-4,6-9H2,(H,26,27). The van der Waals surface area contributed by atoms with Crippen LogP contribution in [0.25, 0.3) is 21.6 Å². The van der Waals surface area contributed by atoms with Crippen LogP contribution in [0.1, 0.15) is 12.8 Å². The fourth-order valence-electron chi connectivity index (χ4n) is 3.60. The zero-order chi connectivity index (χ0) is 19.5. The minimum Gasteiger partial charge on any atom is -0.465 e. The van der Waals surface area contributed by atoms with E-state index in [0.29, 0.717) is 6.54 Å². The van der Waals surface area contributed by atoms with Gasteiger partial charge in [0.25, 0.3) is 5.56 Å². The number of fused-ring (bicyclic) bond motifs is 1. The van der Waals surface area contributed by atoms with Gasteiger partial charge in [0.2, 0.25) is 0 Å². The Kier molecular flexibility index (Phi) is 5.36. The van der Waals surface area contributed by atoms with Crippen LogP contribution in [0, 0.1) is 0 Å². The average molecular weight is 399 g/mol. The maximum atomic E-state index is 12.5. The summed E-state index contributed by atoms with van der Waals surface area (Å²) < 4.78 is 1.76. The molecule has 0 unspecified atom stereocenters. The molecular weight excluding hydrogens is 378 g/mol. The van der Waals surface area contributed by atoms with Crippen molar-refractivity contribution in [3.05, 3.63) is 46.3 Å². The van der Waals surface area contributed by atoms with Crippen molar-refractivity contribution in [3.63, 3.8) is 0 Å². The number of hydrogen-bond acceptors (Lipinski definition) is 6. The van der Waals surface area contributed by atoms with Crippen LogP contribution in [-0.2, 0) is 6.54 Å². The van der Waals surface area contributed by atoms with Gasteiger partial charge < -0.3 is 19.9 Å². The molecule has 4 rings (SSSR count). The molecule has 4 heterocycles. The quantitative estimate of drug-likeness (QED) is 0.683. The highest BCUT2D eigenvalue weighted by molar-refractivity contribution is 7.13. The van der Waals surface area contributed by atoms with Crippen LogP contribution in [-0.4, -0.2) is 56.3 Å². The van der Waals surface area contributed by atoms with Crippen molar-refractivity contribution in [2.24, 2.45) is 0 Å². The smallest absolute Gasteiger partial charge is 0.404 e. The van der Waals surface area contributed by atoms with Crippen LogP contribution in [0.15, 0.2) is 40.8 Å². The molecule has 1 aliphatic heterocycles. The van der Waals surface area contributed by atoms with Gasteiger partial charge in [-0.25, -0.2) is 9.78 Å². The molecule has 0 bridgehead atoms. The third-order valence-electron chi connectivity index (χ3n) is 5.07. The molecule has 1 aliphatic rings. The molecule has 0 aromatic carbocycles. The van der Waals surface area contributed by atoms with Crippen molar-refractivity contribution in [2.45, 2.75) is 25.4 Å². The summed E-state index contributed by atoms with van der Waals surface area (Å²) in [4.78, 5) is 34.4. The summed E-state index contributed by atoms with van der Waals surface area (Å²) in [6.45, 7) is 2.93. The lowest BCUT2D eigenvalue weighted by atomic mass is 10.1. The van der Waals surface area contributed by atoms with Crippen LogP contribution in [0.2, 0.25) is 0 Å². The number of aromatic nitrogens is 3. The zero-order valence-electron chi connectivity index (χ0n) is 15.2. The minimum atomic E-state index is -0.968. The predicted molar refractivity (Wildman–Crippen MR) is 108 cm³/mol. The number of carbonyl (C=O) groups is 1. The molecule has 0 radical (unpaired) electrons. The summed E-state index contributed by atoms with van der Waals surface area (Å²) in [5.41, 5.74) is 2.45. The largest absolute Gasteiger partial charge is 0.465 e. The van der Waals surface area contributed by atoms with Gasteiger partial charge in [-0.05, 0) is 25.0 Å². The lowest BCUT2D eigenvalue weighted by Gasteiger charge is -2.31. The normalized spacial score (nSPS) is 15.7. The molecule has 1 amide bonds. The highest BCUT2D eigenvalue weighted by atomic mass is 32.1. The van der Waals surface area contributed by atoms with E-state index >= 15 is 0 Å². The molecule has 0 aliphatic carbocycles. The Bertz CT molecular complexity index is 1030. The first-order chi connectivity index (χ1) is 13.6. The van der Waals surface area contributed by atoms with Crippen molar-refractivity contribution < 1.29 is 9.90 Å². The van der Waals surface area contributed by atoms with Crippen LogP contribution in [0.5, 0.6) is 0 Å². The second-order valence-electron chi connectivity index (χ2n) is 6.85. The Labute approximate surface area is 165 Å². The average Bonchev–Trinajstić information content (AvgIpc) is 3.22. The Morgan fingerprint density at radius 3 is 2.79 bits per heavy atom. The van der Waals surface area contributed by atoms with Crippen molar-refractivity contribution in [1.82, 2.24) is 24.8 Å². The van der Waals surface area contributed by atoms with Crippen LogP contribution >= 0.6 is 11.3 Å². The molecule has 28 heavy (non-hydrogen) atoms. The van der Waals surface area contributed by atoms with Crippen LogP contribution < -0.4 is 10.9 Å². The molecule has 2 N–H and O–H groups in total. The molecule has 9 heteroatoms. The fraction of sp³-hybridized carbons (Fsp3) is 0.368. The molecule has 8 nitrogen and oxygen atoms in total. The molecule has 0 atom stereocenters. The number of thiazole rings is 1. The first-order valence-electron chi connectivity index (χ1n) is 9.21. The first kappa shape index (κ1) is 18.6. The van der Waals surface area contributed by atoms with Gasteiger partial charge in [-0.1, -0.05) is 0 Å². The van der Waals surface area contributed by atoms with Gasteiger partial charge in [0.05, 0.1) is 11.0 Å². The Morgan fingerprint density at radius 1 is 1.25 bits per heavy atom. The SMILES string of the molecule is O=C(O)NC1CCN(CCn2c(=O)ccc3ncc(-c4nccs4)cc32)CC1. The monoisotopic (exact) mass is 399 g/mol.